The summed E-state index contributed by atoms with van der Waals surface area (Å²) in [5.74, 6) is 0.285. The second-order valence-corrected chi connectivity index (χ2v) is 11.2. The zero-order valence-corrected chi connectivity index (χ0v) is 20.7. The van der Waals surface area contributed by atoms with E-state index < -0.39 is 5.97 Å². The smallest absolute Gasteiger partial charge is 0.337 e. The van der Waals surface area contributed by atoms with Crippen LogP contribution in [0.4, 0.5) is 0 Å². The first-order valence-corrected chi connectivity index (χ1v) is 12.1. The summed E-state index contributed by atoms with van der Waals surface area (Å²) < 4.78 is 0. The first-order valence-electron chi connectivity index (χ1n) is 11.2. The first kappa shape index (κ1) is 25.9. The minimum Gasteiger partial charge on any atom is -0.507 e. The van der Waals surface area contributed by atoms with Crippen molar-refractivity contribution in [1.29, 1.82) is 0 Å². The third-order valence-electron chi connectivity index (χ3n) is 5.34. The van der Waals surface area contributed by atoms with Crippen molar-refractivity contribution in [3.05, 3.63) is 22.3 Å². The summed E-state index contributed by atoms with van der Waals surface area (Å²) >= 11 is 1.61. The van der Waals surface area contributed by atoms with Crippen LogP contribution in [0.3, 0.4) is 0 Å². The van der Waals surface area contributed by atoms with Gasteiger partial charge in [0.1, 0.15) is 5.75 Å². The molecule has 0 aliphatic carbocycles. The molecular weight excluding hydrogens is 380 g/mol. The molecule has 0 aliphatic heterocycles. The second kappa shape index (κ2) is 10.7. The first-order chi connectivity index (χ1) is 13.4. The van der Waals surface area contributed by atoms with Crippen LogP contribution >= 0.6 is 11.8 Å². The fourth-order valence-corrected chi connectivity index (χ4v) is 5.50. The van der Waals surface area contributed by atoms with Crippen molar-refractivity contribution in [3.8, 4) is 5.75 Å². The number of carboxylic acid groups (broad SMARTS) is 1. The SMILES string of the molecule is CCCCCCCCSc1c(C(=O)O)c(CC)c(C(C)(C)C)c(O)c1C(C)(C)C. The standard InChI is InChI=1S/C25H42O3S/c1-9-11-12-13-14-15-16-29-22-18(23(27)28)17(10-2)19(24(3,4)5)21(26)20(22)25(6,7)8/h26H,9-16H2,1-8H3,(H,27,28). The van der Waals surface area contributed by atoms with Crippen molar-refractivity contribution in [2.75, 3.05) is 5.75 Å². The van der Waals surface area contributed by atoms with Crippen LogP contribution in [0, 0.1) is 0 Å². The molecule has 0 saturated carbocycles. The number of rotatable bonds is 10. The van der Waals surface area contributed by atoms with Gasteiger partial charge in [0.2, 0.25) is 0 Å². The Hall–Kier alpha value is -1.16. The zero-order chi connectivity index (χ0) is 22.4. The Morgan fingerprint density at radius 1 is 0.862 bits per heavy atom. The predicted molar refractivity (Wildman–Crippen MR) is 126 cm³/mol. The average molecular weight is 423 g/mol. The number of phenolic OH excluding ortho intramolecular Hbond substituents is 1. The largest absolute Gasteiger partial charge is 0.507 e. The van der Waals surface area contributed by atoms with Gasteiger partial charge in [0.25, 0.3) is 0 Å². The van der Waals surface area contributed by atoms with Crippen LogP contribution in [0.5, 0.6) is 5.75 Å². The summed E-state index contributed by atoms with van der Waals surface area (Å²) in [6, 6.07) is 0. The lowest BCUT2D eigenvalue weighted by molar-refractivity contribution is 0.0691. The van der Waals surface area contributed by atoms with E-state index in [0.29, 0.717) is 12.0 Å². The van der Waals surface area contributed by atoms with Gasteiger partial charge in [0.05, 0.1) is 5.56 Å². The molecule has 0 radical (unpaired) electrons. The molecule has 0 unspecified atom stereocenters. The quantitative estimate of drug-likeness (QED) is 0.299. The molecule has 0 heterocycles. The molecule has 0 aromatic heterocycles. The fourth-order valence-electron chi connectivity index (χ4n) is 4.05. The Morgan fingerprint density at radius 2 is 1.38 bits per heavy atom. The highest BCUT2D eigenvalue weighted by atomic mass is 32.2. The second-order valence-electron chi connectivity index (χ2n) is 10.1. The molecule has 0 bridgehead atoms. The lowest BCUT2D eigenvalue weighted by atomic mass is 9.75. The minimum atomic E-state index is -0.886. The van der Waals surface area contributed by atoms with Gasteiger partial charge in [0, 0.05) is 16.0 Å². The summed E-state index contributed by atoms with van der Waals surface area (Å²) in [6.45, 7) is 16.5. The van der Waals surface area contributed by atoms with E-state index in [1.807, 2.05) is 27.7 Å². The number of hydrogen-bond acceptors (Lipinski definition) is 3. The van der Waals surface area contributed by atoms with Crippen LogP contribution in [-0.2, 0) is 17.3 Å². The maximum atomic E-state index is 12.4. The lowest BCUT2D eigenvalue weighted by Crippen LogP contribution is -2.23. The number of thioether (sulfide) groups is 1. The number of benzene rings is 1. The van der Waals surface area contributed by atoms with E-state index in [0.717, 1.165) is 33.8 Å². The van der Waals surface area contributed by atoms with Crippen LogP contribution in [0.2, 0.25) is 0 Å². The molecule has 0 saturated heterocycles. The zero-order valence-electron chi connectivity index (χ0n) is 19.9. The predicted octanol–water partition coefficient (Wildman–Crippen LogP) is 7.70. The summed E-state index contributed by atoms with van der Waals surface area (Å²) in [7, 11) is 0. The monoisotopic (exact) mass is 422 g/mol. The van der Waals surface area contributed by atoms with Gasteiger partial charge in [-0.05, 0) is 35.0 Å². The molecule has 0 spiro atoms. The molecule has 0 aliphatic rings. The highest BCUT2D eigenvalue weighted by molar-refractivity contribution is 7.99. The normalized spacial score (nSPS) is 12.4. The molecule has 1 aromatic carbocycles. The molecule has 1 aromatic rings. The number of carbonyl (C=O) groups is 1. The summed E-state index contributed by atoms with van der Waals surface area (Å²) in [5, 5.41) is 21.5. The van der Waals surface area contributed by atoms with Gasteiger partial charge in [0.15, 0.2) is 0 Å². The Balaban J connectivity index is 3.45. The van der Waals surface area contributed by atoms with E-state index in [4.69, 9.17) is 0 Å². The van der Waals surface area contributed by atoms with Crippen molar-refractivity contribution in [3.63, 3.8) is 0 Å². The van der Waals surface area contributed by atoms with Crippen LogP contribution in [0.1, 0.15) is 121 Å². The maximum absolute atomic E-state index is 12.4. The maximum Gasteiger partial charge on any atom is 0.337 e. The lowest BCUT2D eigenvalue weighted by Gasteiger charge is -2.33. The fraction of sp³-hybridized carbons (Fsp3) is 0.720. The number of aromatic carboxylic acids is 1. The van der Waals surface area contributed by atoms with E-state index in [1.165, 1.54) is 32.1 Å². The summed E-state index contributed by atoms with van der Waals surface area (Å²) in [6.07, 6.45) is 7.87. The molecule has 2 N–H and O–H groups in total. The average Bonchev–Trinajstić information content (AvgIpc) is 2.57. The van der Waals surface area contributed by atoms with Gasteiger partial charge in [-0.1, -0.05) is 87.5 Å². The van der Waals surface area contributed by atoms with E-state index in [1.54, 1.807) is 11.8 Å². The molecule has 0 amide bonds. The number of hydrogen-bond donors (Lipinski definition) is 2. The highest BCUT2D eigenvalue weighted by Crippen LogP contribution is 2.48. The number of unbranched alkanes of at least 4 members (excludes halogenated alkanes) is 5. The number of phenols is 1. The minimum absolute atomic E-state index is 0.289. The number of carboxylic acids is 1. The molecule has 3 nitrogen and oxygen atoms in total. The van der Waals surface area contributed by atoms with Crippen molar-refractivity contribution >= 4 is 17.7 Å². The van der Waals surface area contributed by atoms with Crippen LogP contribution in [0.25, 0.3) is 0 Å². The third kappa shape index (κ3) is 6.67. The Labute approximate surface area is 182 Å². The van der Waals surface area contributed by atoms with Gasteiger partial charge in [-0.25, -0.2) is 4.79 Å². The Bertz CT molecular complexity index is 694. The number of aromatic hydroxyl groups is 1. The molecule has 4 heteroatoms. The van der Waals surface area contributed by atoms with Crippen molar-refractivity contribution in [2.24, 2.45) is 0 Å². The van der Waals surface area contributed by atoms with Gasteiger partial charge in [-0.3, -0.25) is 0 Å². The third-order valence-corrected chi connectivity index (χ3v) is 6.53. The van der Waals surface area contributed by atoms with Crippen molar-refractivity contribution in [1.82, 2.24) is 0 Å². The molecular formula is C25H42O3S. The van der Waals surface area contributed by atoms with Crippen LogP contribution < -0.4 is 0 Å². The van der Waals surface area contributed by atoms with Crippen LogP contribution in [0.15, 0.2) is 4.90 Å². The highest BCUT2D eigenvalue weighted by Gasteiger charge is 2.35. The molecule has 1 rings (SSSR count). The molecule has 0 fully saturated rings. The molecule has 0 atom stereocenters. The molecule has 166 valence electrons. The van der Waals surface area contributed by atoms with Gasteiger partial charge < -0.3 is 10.2 Å². The summed E-state index contributed by atoms with van der Waals surface area (Å²) in [5.41, 5.74) is 2.07. The van der Waals surface area contributed by atoms with E-state index in [-0.39, 0.29) is 16.6 Å². The van der Waals surface area contributed by atoms with Crippen molar-refractivity contribution < 1.29 is 15.0 Å². The Morgan fingerprint density at radius 3 is 1.83 bits per heavy atom. The van der Waals surface area contributed by atoms with E-state index >= 15 is 0 Å². The summed E-state index contributed by atoms with van der Waals surface area (Å²) in [4.78, 5) is 13.1. The molecule has 29 heavy (non-hydrogen) atoms. The van der Waals surface area contributed by atoms with Gasteiger partial charge in [-0.2, -0.15) is 0 Å². The topological polar surface area (TPSA) is 57.5 Å². The van der Waals surface area contributed by atoms with Crippen LogP contribution in [-0.4, -0.2) is 21.9 Å². The van der Waals surface area contributed by atoms with Gasteiger partial charge >= 0.3 is 5.97 Å². The van der Waals surface area contributed by atoms with Crippen molar-refractivity contribution in [2.45, 2.75) is 116 Å². The van der Waals surface area contributed by atoms with E-state index in [9.17, 15) is 15.0 Å². The Kier molecular flexibility index (Phi) is 9.59. The van der Waals surface area contributed by atoms with E-state index in [2.05, 4.69) is 27.7 Å². The van der Waals surface area contributed by atoms with Gasteiger partial charge in [-0.15, -0.1) is 11.8 Å².